The Morgan fingerprint density at radius 2 is 2.08 bits per heavy atom. The molecule has 7 heteroatoms. The van der Waals surface area contributed by atoms with E-state index in [1.165, 1.54) is 13.8 Å². The maximum absolute atomic E-state index is 12.1. The van der Waals surface area contributed by atoms with Gasteiger partial charge >= 0.3 is 0 Å². The molecule has 1 unspecified atom stereocenters. The van der Waals surface area contributed by atoms with Crippen molar-refractivity contribution in [1.82, 2.24) is 15.3 Å². The van der Waals surface area contributed by atoms with Crippen LogP contribution in [0.1, 0.15) is 56.8 Å². The molecule has 3 rings (SSSR count). The molecule has 0 radical (unpaired) electrons. The third kappa shape index (κ3) is 4.10. The molecule has 1 aliphatic carbocycles. The summed E-state index contributed by atoms with van der Waals surface area (Å²) < 4.78 is 0. The Morgan fingerprint density at radius 1 is 1.36 bits per heavy atom. The molecule has 2 heterocycles. The molecule has 25 heavy (non-hydrogen) atoms. The summed E-state index contributed by atoms with van der Waals surface area (Å²) >= 11 is 0. The molecule has 138 valence electrons. The van der Waals surface area contributed by atoms with Crippen LogP contribution in [0.3, 0.4) is 0 Å². The van der Waals surface area contributed by atoms with Crippen LogP contribution in [-0.4, -0.2) is 51.4 Å². The first-order valence-electron chi connectivity index (χ1n) is 9.13. The van der Waals surface area contributed by atoms with Gasteiger partial charge in [0.2, 0.25) is 5.95 Å². The second-order valence-electron chi connectivity index (χ2n) is 7.66. The number of aliphatic hydroxyl groups excluding tert-OH is 1. The van der Waals surface area contributed by atoms with Crippen LogP contribution in [0.2, 0.25) is 0 Å². The number of aryl methyl sites for hydroxylation is 1. The lowest BCUT2D eigenvalue weighted by Gasteiger charge is -2.32. The standard InChI is InChI=1S/C18H28N4O3/c1-18(2,25)16(24)20-14-4-3-5-15-13(14)10-19-17(21-15)22-8-6-12(11-23)7-9-22/h10,12,14,23,25H,3-9,11H2,1-2H3,(H,20,24). The van der Waals surface area contributed by atoms with Gasteiger partial charge in [-0.15, -0.1) is 0 Å². The van der Waals surface area contributed by atoms with Crippen molar-refractivity contribution in [3.05, 3.63) is 17.5 Å². The van der Waals surface area contributed by atoms with Crippen molar-refractivity contribution in [1.29, 1.82) is 0 Å². The molecular formula is C18H28N4O3. The summed E-state index contributed by atoms with van der Waals surface area (Å²) in [6.45, 7) is 4.95. The minimum atomic E-state index is -1.39. The van der Waals surface area contributed by atoms with Crippen molar-refractivity contribution in [3.8, 4) is 0 Å². The number of aliphatic hydroxyl groups is 2. The van der Waals surface area contributed by atoms with Crippen molar-refractivity contribution < 1.29 is 15.0 Å². The van der Waals surface area contributed by atoms with Crippen LogP contribution in [-0.2, 0) is 11.2 Å². The van der Waals surface area contributed by atoms with E-state index in [2.05, 4.69) is 15.2 Å². The highest BCUT2D eigenvalue weighted by Gasteiger charge is 2.30. The zero-order chi connectivity index (χ0) is 18.0. The first kappa shape index (κ1) is 18.1. The van der Waals surface area contributed by atoms with E-state index in [-0.39, 0.29) is 18.6 Å². The van der Waals surface area contributed by atoms with Crippen molar-refractivity contribution in [2.45, 2.75) is 57.6 Å². The topological polar surface area (TPSA) is 98.6 Å². The predicted molar refractivity (Wildman–Crippen MR) is 94.2 cm³/mol. The van der Waals surface area contributed by atoms with Crippen molar-refractivity contribution in [2.24, 2.45) is 5.92 Å². The van der Waals surface area contributed by atoms with Crippen LogP contribution in [0.4, 0.5) is 5.95 Å². The second kappa shape index (κ2) is 7.25. The molecule has 0 saturated carbocycles. The number of amides is 1. The Balaban J connectivity index is 1.73. The molecule has 1 amide bonds. The van der Waals surface area contributed by atoms with Gasteiger partial charge in [-0.2, -0.15) is 0 Å². The van der Waals surface area contributed by atoms with E-state index in [1.54, 1.807) is 0 Å². The second-order valence-corrected chi connectivity index (χ2v) is 7.66. The molecule has 1 aromatic rings. The Bertz CT molecular complexity index is 621. The van der Waals surface area contributed by atoms with Gasteiger partial charge in [0.15, 0.2) is 0 Å². The Hall–Kier alpha value is -1.73. The number of hydrogen-bond acceptors (Lipinski definition) is 6. The molecule has 3 N–H and O–H groups in total. The van der Waals surface area contributed by atoms with Gasteiger partial charge < -0.3 is 20.4 Å². The maximum atomic E-state index is 12.1. The van der Waals surface area contributed by atoms with Gasteiger partial charge in [0.25, 0.3) is 5.91 Å². The summed E-state index contributed by atoms with van der Waals surface area (Å²) in [6, 6.07) is -0.142. The molecule has 1 saturated heterocycles. The quantitative estimate of drug-likeness (QED) is 0.749. The fourth-order valence-corrected chi connectivity index (χ4v) is 3.49. The van der Waals surface area contributed by atoms with E-state index >= 15 is 0 Å². The molecule has 0 aromatic carbocycles. The van der Waals surface area contributed by atoms with Crippen LogP contribution in [0.5, 0.6) is 0 Å². The number of carbonyl (C=O) groups is 1. The zero-order valence-corrected chi connectivity index (χ0v) is 15.0. The summed E-state index contributed by atoms with van der Waals surface area (Å²) in [5, 5.41) is 22.0. The fraction of sp³-hybridized carbons (Fsp3) is 0.722. The van der Waals surface area contributed by atoms with Crippen LogP contribution in [0.15, 0.2) is 6.20 Å². The van der Waals surface area contributed by atoms with Crippen LogP contribution < -0.4 is 10.2 Å². The van der Waals surface area contributed by atoms with Crippen LogP contribution in [0.25, 0.3) is 0 Å². The summed E-state index contributed by atoms with van der Waals surface area (Å²) in [5.41, 5.74) is 0.551. The largest absolute Gasteiger partial charge is 0.396 e. The van der Waals surface area contributed by atoms with Gasteiger partial charge in [0, 0.05) is 31.5 Å². The molecule has 0 bridgehead atoms. The van der Waals surface area contributed by atoms with E-state index in [0.29, 0.717) is 5.92 Å². The number of rotatable bonds is 4. The lowest BCUT2D eigenvalue weighted by Crippen LogP contribution is -2.44. The van der Waals surface area contributed by atoms with E-state index < -0.39 is 5.60 Å². The molecule has 7 nitrogen and oxygen atoms in total. The van der Waals surface area contributed by atoms with E-state index in [4.69, 9.17) is 4.98 Å². The van der Waals surface area contributed by atoms with Gasteiger partial charge in [-0.3, -0.25) is 4.79 Å². The van der Waals surface area contributed by atoms with Crippen molar-refractivity contribution in [2.75, 3.05) is 24.6 Å². The Morgan fingerprint density at radius 3 is 2.72 bits per heavy atom. The number of nitrogens with one attached hydrogen (secondary N) is 1. The third-order valence-electron chi connectivity index (χ3n) is 5.19. The average molecular weight is 348 g/mol. The van der Waals surface area contributed by atoms with Crippen LogP contribution in [0, 0.1) is 5.92 Å². The summed E-state index contributed by atoms with van der Waals surface area (Å²) in [4.78, 5) is 23.5. The van der Waals surface area contributed by atoms with Crippen molar-refractivity contribution >= 4 is 11.9 Å². The number of hydrogen-bond donors (Lipinski definition) is 3. The number of carbonyl (C=O) groups excluding carboxylic acids is 1. The zero-order valence-electron chi connectivity index (χ0n) is 15.0. The van der Waals surface area contributed by atoms with Gasteiger partial charge in [-0.25, -0.2) is 9.97 Å². The number of aromatic nitrogens is 2. The Kier molecular flexibility index (Phi) is 5.24. The third-order valence-corrected chi connectivity index (χ3v) is 5.19. The Labute approximate surface area is 148 Å². The predicted octanol–water partition coefficient (Wildman–Crippen LogP) is 0.950. The highest BCUT2D eigenvalue weighted by atomic mass is 16.3. The van der Waals surface area contributed by atoms with E-state index in [1.807, 2.05) is 6.20 Å². The fourth-order valence-electron chi connectivity index (χ4n) is 3.49. The van der Waals surface area contributed by atoms with E-state index in [9.17, 15) is 15.0 Å². The lowest BCUT2D eigenvalue weighted by molar-refractivity contribution is -0.137. The van der Waals surface area contributed by atoms with Crippen molar-refractivity contribution in [3.63, 3.8) is 0 Å². The normalized spacial score (nSPS) is 21.8. The molecular weight excluding hydrogens is 320 g/mol. The first-order valence-corrected chi connectivity index (χ1v) is 9.13. The highest BCUT2D eigenvalue weighted by Crippen LogP contribution is 2.30. The molecule has 1 aliphatic heterocycles. The maximum Gasteiger partial charge on any atom is 0.251 e. The lowest BCUT2D eigenvalue weighted by atomic mass is 9.91. The smallest absolute Gasteiger partial charge is 0.251 e. The molecule has 1 aromatic heterocycles. The SMILES string of the molecule is CC(C)(O)C(=O)NC1CCCc2nc(N3CCC(CO)CC3)ncc21. The van der Waals surface area contributed by atoms with Gasteiger partial charge in [0.05, 0.1) is 11.7 Å². The summed E-state index contributed by atoms with van der Waals surface area (Å²) in [6.07, 6.45) is 6.41. The molecule has 1 atom stereocenters. The van der Waals surface area contributed by atoms with E-state index in [0.717, 1.165) is 62.4 Å². The molecule has 1 fully saturated rings. The minimum Gasteiger partial charge on any atom is -0.396 e. The number of anilines is 1. The average Bonchev–Trinajstić information content (AvgIpc) is 2.61. The highest BCUT2D eigenvalue weighted by molar-refractivity contribution is 5.84. The molecule has 0 spiro atoms. The van der Waals surface area contributed by atoms with Gasteiger partial charge in [-0.1, -0.05) is 0 Å². The van der Waals surface area contributed by atoms with Crippen LogP contribution >= 0.6 is 0 Å². The number of piperidine rings is 1. The first-order chi connectivity index (χ1) is 11.9. The number of fused-ring (bicyclic) bond motifs is 1. The summed E-state index contributed by atoms with van der Waals surface area (Å²) in [5.74, 6) is 0.750. The number of nitrogens with zero attached hydrogens (tertiary/aromatic N) is 3. The monoisotopic (exact) mass is 348 g/mol. The summed E-state index contributed by atoms with van der Waals surface area (Å²) in [7, 11) is 0. The van der Waals surface area contributed by atoms with Gasteiger partial charge in [0.1, 0.15) is 5.60 Å². The minimum absolute atomic E-state index is 0.142. The molecule has 2 aliphatic rings. The van der Waals surface area contributed by atoms with Gasteiger partial charge in [-0.05, 0) is 51.9 Å².